The van der Waals surface area contributed by atoms with Crippen LogP contribution in [0.5, 0.6) is 0 Å². The van der Waals surface area contributed by atoms with E-state index in [1.54, 1.807) is 0 Å². The van der Waals surface area contributed by atoms with Gasteiger partial charge in [0.05, 0.1) is 11.0 Å². The van der Waals surface area contributed by atoms with Crippen molar-refractivity contribution >= 4 is 21.8 Å². The highest BCUT2D eigenvalue weighted by Crippen LogP contribution is 2.52. The molecule has 0 radical (unpaired) electrons. The van der Waals surface area contributed by atoms with Gasteiger partial charge in [0.15, 0.2) is 0 Å². The van der Waals surface area contributed by atoms with Gasteiger partial charge in [-0.25, -0.2) is 0 Å². The normalized spacial score (nSPS) is 14.1. The van der Waals surface area contributed by atoms with E-state index >= 15 is 0 Å². The molecule has 0 saturated heterocycles. The lowest BCUT2D eigenvalue weighted by molar-refractivity contribution is 1.04. The Morgan fingerprint density at radius 1 is 0.529 bits per heavy atom. The zero-order valence-corrected chi connectivity index (χ0v) is 18.7. The summed E-state index contributed by atoms with van der Waals surface area (Å²) in [7, 11) is 0. The van der Waals surface area contributed by atoms with Gasteiger partial charge in [-0.2, -0.15) is 0 Å². The first kappa shape index (κ1) is 17.4. The molecule has 5 aromatic carbocycles. The van der Waals surface area contributed by atoms with Crippen molar-refractivity contribution in [3.8, 4) is 27.9 Å². The van der Waals surface area contributed by atoms with E-state index in [2.05, 4.69) is 95.6 Å². The largest absolute Gasteiger partial charge is 0.309 e. The zero-order valence-electron chi connectivity index (χ0n) is 18.7. The van der Waals surface area contributed by atoms with Crippen molar-refractivity contribution in [1.29, 1.82) is 0 Å². The molecule has 0 saturated carbocycles. The van der Waals surface area contributed by atoms with Gasteiger partial charge in [-0.15, -0.1) is 0 Å². The van der Waals surface area contributed by atoms with Crippen molar-refractivity contribution < 1.29 is 0 Å². The molecule has 6 aromatic rings. The molecular weight excluding hydrogens is 410 g/mol. The molecule has 0 amide bonds. The van der Waals surface area contributed by atoms with Crippen LogP contribution in [0.3, 0.4) is 0 Å². The van der Waals surface area contributed by atoms with Crippen LogP contribution in [0.2, 0.25) is 0 Å². The molecule has 3 aliphatic rings. The first-order valence-electron chi connectivity index (χ1n) is 12.3. The lowest BCUT2D eigenvalue weighted by Gasteiger charge is -2.22. The standard InChI is InChI=1S/C33H21N/c1-3-9-23-19(7-1)16-26-24(23)14-13-21-17-28-27(31(21)26)18-22-15-20-8-2-5-11-29(20)34-30-12-6-4-10-25(30)32(28)33(22)34/h1-14,18H,15-17H2. The summed E-state index contributed by atoms with van der Waals surface area (Å²) in [6, 6.07) is 34.2. The Kier molecular flexibility index (Phi) is 3.00. The minimum absolute atomic E-state index is 1.00. The van der Waals surface area contributed by atoms with E-state index in [0.717, 1.165) is 19.3 Å². The van der Waals surface area contributed by atoms with E-state index in [9.17, 15) is 0 Å². The summed E-state index contributed by atoms with van der Waals surface area (Å²) < 4.78 is 2.53. The lowest BCUT2D eigenvalue weighted by Crippen LogP contribution is -2.08. The summed E-state index contributed by atoms with van der Waals surface area (Å²) in [5, 5.41) is 2.86. The van der Waals surface area contributed by atoms with Gasteiger partial charge in [-0.3, -0.25) is 0 Å². The van der Waals surface area contributed by atoms with Crippen LogP contribution in [-0.2, 0) is 19.3 Å². The Morgan fingerprint density at radius 3 is 2.29 bits per heavy atom. The predicted octanol–water partition coefficient (Wildman–Crippen LogP) is 7.83. The molecule has 1 aromatic heterocycles. The monoisotopic (exact) mass is 431 g/mol. The van der Waals surface area contributed by atoms with Crippen molar-refractivity contribution in [2.75, 3.05) is 0 Å². The molecule has 1 aliphatic heterocycles. The summed E-state index contributed by atoms with van der Waals surface area (Å²) in [6.07, 6.45) is 3.08. The molecule has 1 nitrogen and oxygen atoms in total. The fourth-order valence-electron chi connectivity index (χ4n) is 7.12. The van der Waals surface area contributed by atoms with Crippen LogP contribution in [0.1, 0.15) is 33.4 Å². The molecule has 0 bridgehead atoms. The molecule has 0 N–H and O–H groups in total. The van der Waals surface area contributed by atoms with Gasteiger partial charge < -0.3 is 4.57 Å². The van der Waals surface area contributed by atoms with Gasteiger partial charge in [0, 0.05) is 22.9 Å². The Morgan fingerprint density at radius 2 is 1.32 bits per heavy atom. The highest BCUT2D eigenvalue weighted by Gasteiger charge is 2.32. The summed E-state index contributed by atoms with van der Waals surface area (Å²) in [6.45, 7) is 0. The summed E-state index contributed by atoms with van der Waals surface area (Å²) >= 11 is 0. The zero-order chi connectivity index (χ0) is 22.0. The molecule has 0 atom stereocenters. The number of benzene rings is 5. The fourth-order valence-corrected chi connectivity index (χ4v) is 7.12. The maximum atomic E-state index is 2.54. The molecule has 0 spiro atoms. The number of aromatic nitrogens is 1. The first-order chi connectivity index (χ1) is 16.9. The SMILES string of the molecule is c1ccc2c(c1)Cc1c-2ccc2c1-c1cc3c4c(c1C2)c1ccccc1n4-c1ccccc1C3. The highest BCUT2D eigenvalue weighted by atomic mass is 15.0. The third kappa shape index (κ3) is 1.94. The first-order valence-corrected chi connectivity index (χ1v) is 12.3. The molecular formula is C33H21N. The van der Waals surface area contributed by atoms with E-state index in [1.165, 1.54) is 83.1 Å². The minimum atomic E-state index is 1.00. The second-order valence-corrected chi connectivity index (χ2v) is 10.1. The predicted molar refractivity (Wildman–Crippen MR) is 140 cm³/mol. The van der Waals surface area contributed by atoms with E-state index in [-0.39, 0.29) is 0 Å². The quantitative estimate of drug-likeness (QED) is 0.231. The van der Waals surface area contributed by atoms with E-state index < -0.39 is 0 Å². The lowest BCUT2D eigenvalue weighted by atomic mass is 9.90. The molecule has 34 heavy (non-hydrogen) atoms. The molecule has 0 unspecified atom stereocenters. The Bertz CT molecular complexity index is 1880. The van der Waals surface area contributed by atoms with Crippen molar-refractivity contribution in [2.45, 2.75) is 19.3 Å². The highest BCUT2D eigenvalue weighted by molar-refractivity contribution is 6.15. The summed E-state index contributed by atoms with van der Waals surface area (Å²) in [5.74, 6) is 0. The van der Waals surface area contributed by atoms with Crippen LogP contribution in [0, 0.1) is 0 Å². The van der Waals surface area contributed by atoms with Crippen LogP contribution >= 0.6 is 0 Å². The van der Waals surface area contributed by atoms with Crippen molar-refractivity contribution in [3.63, 3.8) is 0 Å². The van der Waals surface area contributed by atoms with Crippen LogP contribution in [0.4, 0.5) is 0 Å². The Hall–Kier alpha value is -4.10. The van der Waals surface area contributed by atoms with E-state index in [1.807, 2.05) is 0 Å². The van der Waals surface area contributed by atoms with Gasteiger partial charge in [-0.1, -0.05) is 72.8 Å². The molecule has 0 fully saturated rings. The second kappa shape index (κ2) is 5.87. The van der Waals surface area contributed by atoms with Crippen molar-refractivity contribution in [1.82, 2.24) is 4.57 Å². The molecule has 9 rings (SSSR count). The van der Waals surface area contributed by atoms with Crippen LogP contribution < -0.4 is 0 Å². The number of para-hydroxylation sites is 2. The maximum Gasteiger partial charge on any atom is 0.0579 e. The molecule has 2 heterocycles. The number of hydrogen-bond acceptors (Lipinski definition) is 0. The Balaban J connectivity index is 1.42. The summed E-state index contributed by atoms with van der Waals surface area (Å²) in [5.41, 5.74) is 18.8. The smallest absolute Gasteiger partial charge is 0.0579 e. The third-order valence-corrected chi connectivity index (χ3v) is 8.45. The number of fused-ring (bicyclic) bond motifs is 13. The minimum Gasteiger partial charge on any atom is -0.309 e. The van der Waals surface area contributed by atoms with Crippen LogP contribution in [-0.4, -0.2) is 4.57 Å². The number of hydrogen-bond donors (Lipinski definition) is 0. The average Bonchev–Trinajstić information content (AvgIpc) is 3.54. The van der Waals surface area contributed by atoms with Gasteiger partial charge in [0.25, 0.3) is 0 Å². The van der Waals surface area contributed by atoms with Gasteiger partial charge in [-0.05, 0) is 86.7 Å². The van der Waals surface area contributed by atoms with Crippen molar-refractivity contribution in [2.24, 2.45) is 0 Å². The van der Waals surface area contributed by atoms with E-state index in [0.29, 0.717) is 0 Å². The van der Waals surface area contributed by atoms with Crippen LogP contribution in [0.15, 0.2) is 91.0 Å². The Labute approximate surface area is 197 Å². The van der Waals surface area contributed by atoms with E-state index in [4.69, 9.17) is 0 Å². The molecule has 158 valence electrons. The van der Waals surface area contributed by atoms with Gasteiger partial charge >= 0.3 is 0 Å². The topological polar surface area (TPSA) is 4.93 Å². The second-order valence-electron chi connectivity index (χ2n) is 10.1. The van der Waals surface area contributed by atoms with Crippen LogP contribution in [0.25, 0.3) is 49.7 Å². The fraction of sp³-hybridized carbons (Fsp3) is 0.0909. The number of rotatable bonds is 0. The van der Waals surface area contributed by atoms with Gasteiger partial charge in [0.2, 0.25) is 0 Å². The number of nitrogens with zero attached hydrogens (tertiary/aromatic N) is 1. The molecule has 2 aliphatic carbocycles. The van der Waals surface area contributed by atoms with Gasteiger partial charge in [0.1, 0.15) is 0 Å². The summed E-state index contributed by atoms with van der Waals surface area (Å²) in [4.78, 5) is 0. The molecule has 1 heteroatoms. The van der Waals surface area contributed by atoms with Crippen molar-refractivity contribution in [3.05, 3.63) is 124 Å². The average molecular weight is 432 g/mol. The maximum absolute atomic E-state index is 2.54. The third-order valence-electron chi connectivity index (χ3n) is 8.45.